The smallest absolute Gasteiger partial charge is 0.182 e. The van der Waals surface area contributed by atoms with Crippen LogP contribution in [-0.4, -0.2) is 10.9 Å². The number of aliphatic hydroxyl groups excluding tert-OH is 1. The highest BCUT2D eigenvalue weighted by Crippen LogP contribution is 2.49. The molecule has 0 saturated carbocycles. The summed E-state index contributed by atoms with van der Waals surface area (Å²) < 4.78 is 0. The second kappa shape index (κ2) is 7.78. The van der Waals surface area contributed by atoms with E-state index in [-0.39, 0.29) is 28.4 Å². The van der Waals surface area contributed by atoms with E-state index in [0.717, 1.165) is 16.7 Å². The number of allylic oxidation sites excluding steroid dienone is 9. The second-order valence-corrected chi connectivity index (χ2v) is 11.4. The lowest BCUT2D eigenvalue weighted by Crippen LogP contribution is -2.30. The Bertz CT molecular complexity index is 853. The topological polar surface area (TPSA) is 37.3 Å². The second-order valence-electron chi connectivity index (χ2n) is 11.4. The molecule has 2 rings (SSSR count). The van der Waals surface area contributed by atoms with Crippen LogP contribution in [0.3, 0.4) is 0 Å². The molecule has 0 amide bonds. The van der Waals surface area contributed by atoms with Gasteiger partial charge < -0.3 is 5.11 Å². The fourth-order valence-electron chi connectivity index (χ4n) is 4.60. The van der Waals surface area contributed by atoms with E-state index in [4.69, 9.17) is 0 Å². The van der Waals surface area contributed by atoms with Crippen molar-refractivity contribution in [2.75, 3.05) is 0 Å². The van der Waals surface area contributed by atoms with Crippen LogP contribution in [0.25, 0.3) is 0 Å². The number of carbonyl (C=O) groups is 1. The molecule has 2 aliphatic carbocycles. The molecule has 29 heavy (non-hydrogen) atoms. The fraction of sp³-hybridized carbons (Fsp3) is 0.593. The maximum Gasteiger partial charge on any atom is 0.182 e. The van der Waals surface area contributed by atoms with Gasteiger partial charge in [0.05, 0.1) is 0 Å². The van der Waals surface area contributed by atoms with Crippen molar-refractivity contribution in [3.63, 3.8) is 0 Å². The standard InChI is InChI=1S/C27H40O2/c1-15(2)18-13-23(29)25(27(9,10)11)24(17(18)5)20-12-21(26(6,7)8)22(28)14-19(20)16(3)4/h12-16,25,29H,1-11H3. The Kier molecular flexibility index (Phi) is 6.29. The van der Waals surface area contributed by atoms with Gasteiger partial charge >= 0.3 is 0 Å². The van der Waals surface area contributed by atoms with Gasteiger partial charge in [0.25, 0.3) is 0 Å². The largest absolute Gasteiger partial charge is 0.512 e. The summed E-state index contributed by atoms with van der Waals surface area (Å²) in [6, 6.07) is 0. The average molecular weight is 397 g/mol. The van der Waals surface area contributed by atoms with Gasteiger partial charge in [0.2, 0.25) is 0 Å². The van der Waals surface area contributed by atoms with Gasteiger partial charge in [-0.05, 0) is 75.7 Å². The van der Waals surface area contributed by atoms with Crippen molar-refractivity contribution in [3.05, 3.63) is 57.4 Å². The molecule has 0 aromatic rings. The van der Waals surface area contributed by atoms with Crippen LogP contribution >= 0.6 is 0 Å². The molecule has 0 spiro atoms. The maximum absolute atomic E-state index is 12.9. The summed E-state index contributed by atoms with van der Waals surface area (Å²) >= 11 is 0. The Morgan fingerprint density at radius 1 is 0.897 bits per heavy atom. The van der Waals surface area contributed by atoms with Crippen LogP contribution in [-0.2, 0) is 4.79 Å². The molecule has 0 aromatic heterocycles. The molecule has 0 heterocycles. The predicted octanol–water partition coefficient (Wildman–Crippen LogP) is 7.51. The van der Waals surface area contributed by atoms with Gasteiger partial charge in [0.1, 0.15) is 5.76 Å². The zero-order valence-corrected chi connectivity index (χ0v) is 20.3. The van der Waals surface area contributed by atoms with Crippen molar-refractivity contribution in [3.8, 4) is 0 Å². The van der Waals surface area contributed by atoms with Crippen LogP contribution in [0.1, 0.15) is 76.2 Å². The number of ketones is 1. The van der Waals surface area contributed by atoms with Gasteiger partial charge in [-0.15, -0.1) is 0 Å². The first-order valence-corrected chi connectivity index (χ1v) is 10.9. The molecule has 2 nitrogen and oxygen atoms in total. The van der Waals surface area contributed by atoms with Crippen LogP contribution in [0, 0.1) is 28.6 Å². The summed E-state index contributed by atoms with van der Waals surface area (Å²) in [5.41, 5.74) is 6.25. The lowest BCUT2D eigenvalue weighted by atomic mass is 9.65. The molecular weight excluding hydrogens is 356 g/mol. The van der Waals surface area contributed by atoms with E-state index in [2.05, 4.69) is 82.2 Å². The zero-order valence-electron chi connectivity index (χ0n) is 20.3. The van der Waals surface area contributed by atoms with Gasteiger partial charge in [0, 0.05) is 11.5 Å². The third-order valence-electron chi connectivity index (χ3n) is 6.08. The molecule has 1 unspecified atom stereocenters. The lowest BCUT2D eigenvalue weighted by Gasteiger charge is -2.39. The first kappa shape index (κ1) is 23.4. The first-order chi connectivity index (χ1) is 13.1. The molecule has 160 valence electrons. The van der Waals surface area contributed by atoms with Gasteiger partial charge in [-0.1, -0.05) is 69.2 Å². The highest BCUT2D eigenvalue weighted by molar-refractivity contribution is 6.08. The Morgan fingerprint density at radius 3 is 1.86 bits per heavy atom. The van der Waals surface area contributed by atoms with E-state index in [9.17, 15) is 9.90 Å². The molecule has 0 aliphatic heterocycles. The monoisotopic (exact) mass is 396 g/mol. The van der Waals surface area contributed by atoms with Gasteiger partial charge in [-0.3, -0.25) is 4.79 Å². The third kappa shape index (κ3) is 4.52. The van der Waals surface area contributed by atoms with Crippen molar-refractivity contribution < 1.29 is 9.90 Å². The minimum absolute atomic E-state index is 0.104. The van der Waals surface area contributed by atoms with Crippen molar-refractivity contribution in [1.29, 1.82) is 0 Å². The molecule has 0 saturated heterocycles. The summed E-state index contributed by atoms with van der Waals surface area (Å²) in [4.78, 5) is 12.9. The number of rotatable bonds is 2. The van der Waals surface area contributed by atoms with E-state index >= 15 is 0 Å². The van der Waals surface area contributed by atoms with Crippen molar-refractivity contribution in [1.82, 2.24) is 0 Å². The molecular formula is C27H40O2. The van der Waals surface area contributed by atoms with Gasteiger partial charge in [0.15, 0.2) is 5.78 Å². The normalized spacial score (nSPS) is 24.2. The Hall–Kier alpha value is -1.83. The van der Waals surface area contributed by atoms with E-state index < -0.39 is 0 Å². The molecule has 0 radical (unpaired) electrons. The molecule has 0 fully saturated rings. The van der Waals surface area contributed by atoms with E-state index in [1.807, 2.05) is 12.2 Å². The van der Waals surface area contributed by atoms with Crippen LogP contribution in [0.4, 0.5) is 0 Å². The Balaban J connectivity index is 2.98. The Labute approximate surface area is 178 Å². The van der Waals surface area contributed by atoms with Gasteiger partial charge in [-0.25, -0.2) is 0 Å². The summed E-state index contributed by atoms with van der Waals surface area (Å²) in [5.74, 6) is 0.978. The zero-order chi connectivity index (χ0) is 22.5. The summed E-state index contributed by atoms with van der Waals surface area (Å²) in [6.07, 6.45) is 5.93. The molecule has 2 heteroatoms. The van der Waals surface area contributed by atoms with E-state index in [0.29, 0.717) is 11.7 Å². The van der Waals surface area contributed by atoms with Crippen LogP contribution in [0.15, 0.2) is 57.4 Å². The maximum atomic E-state index is 12.9. The van der Waals surface area contributed by atoms with E-state index in [1.165, 1.54) is 16.7 Å². The quantitative estimate of drug-likeness (QED) is 0.524. The minimum atomic E-state index is -0.232. The van der Waals surface area contributed by atoms with Crippen LogP contribution < -0.4 is 0 Å². The SMILES string of the molecule is CC1=C(C(C)C)C=C(O)C(C(C)(C)C)C1=C1C=C(C(C)(C)C)C(=O)C=C1C(C)C. The first-order valence-electron chi connectivity index (χ1n) is 10.9. The number of hydrogen-bond acceptors (Lipinski definition) is 2. The van der Waals surface area contributed by atoms with Crippen molar-refractivity contribution >= 4 is 5.78 Å². The van der Waals surface area contributed by atoms with Crippen LogP contribution in [0.5, 0.6) is 0 Å². The Morgan fingerprint density at radius 2 is 1.45 bits per heavy atom. The minimum Gasteiger partial charge on any atom is -0.512 e. The van der Waals surface area contributed by atoms with Crippen LogP contribution in [0.2, 0.25) is 0 Å². The molecule has 0 aromatic carbocycles. The van der Waals surface area contributed by atoms with E-state index in [1.54, 1.807) is 0 Å². The molecule has 2 aliphatic rings. The average Bonchev–Trinajstić information content (AvgIpc) is 2.53. The molecule has 0 bridgehead atoms. The number of carbonyl (C=O) groups excluding carboxylic acids is 1. The highest BCUT2D eigenvalue weighted by atomic mass is 16.3. The van der Waals surface area contributed by atoms with Crippen molar-refractivity contribution in [2.45, 2.75) is 76.2 Å². The third-order valence-corrected chi connectivity index (χ3v) is 6.08. The summed E-state index contributed by atoms with van der Waals surface area (Å²) in [7, 11) is 0. The number of hydrogen-bond donors (Lipinski definition) is 1. The predicted molar refractivity (Wildman–Crippen MR) is 124 cm³/mol. The highest BCUT2D eigenvalue weighted by Gasteiger charge is 2.39. The fourth-order valence-corrected chi connectivity index (χ4v) is 4.60. The summed E-state index contributed by atoms with van der Waals surface area (Å²) in [6.45, 7) is 23.6. The molecule has 1 N–H and O–H groups in total. The molecule has 1 atom stereocenters. The number of aliphatic hydroxyl groups is 1. The van der Waals surface area contributed by atoms with Crippen molar-refractivity contribution in [2.24, 2.45) is 28.6 Å². The summed E-state index contributed by atoms with van der Waals surface area (Å²) in [5, 5.41) is 11.1. The van der Waals surface area contributed by atoms with Gasteiger partial charge in [-0.2, -0.15) is 0 Å². The lowest BCUT2D eigenvalue weighted by molar-refractivity contribution is -0.112.